The van der Waals surface area contributed by atoms with Crippen LogP contribution in [0, 0.1) is 6.92 Å². The number of hydrogen-bond acceptors (Lipinski definition) is 6. The van der Waals surface area contributed by atoms with E-state index in [9.17, 15) is 4.79 Å². The molecule has 0 saturated heterocycles. The summed E-state index contributed by atoms with van der Waals surface area (Å²) in [6.07, 6.45) is 0. The molecule has 0 bridgehead atoms. The van der Waals surface area contributed by atoms with Gasteiger partial charge in [-0.25, -0.2) is 0 Å². The smallest absolute Gasteiger partial charge is 0.237 e. The molecule has 2 N–H and O–H groups in total. The van der Waals surface area contributed by atoms with E-state index < -0.39 is 0 Å². The molecule has 5 nitrogen and oxygen atoms in total. The predicted molar refractivity (Wildman–Crippen MR) is 103 cm³/mol. The predicted octanol–water partition coefficient (Wildman–Crippen LogP) is 4.52. The van der Waals surface area contributed by atoms with E-state index in [-0.39, 0.29) is 11.2 Å². The van der Waals surface area contributed by atoms with Crippen LogP contribution < -0.4 is 10.6 Å². The number of nitrogens with zero attached hydrogens (tertiary/aromatic N) is 2. The molecule has 1 aromatic heterocycles. The molecule has 0 aliphatic carbocycles. The monoisotopic (exact) mass is 364 g/mol. The maximum Gasteiger partial charge on any atom is 0.237 e. The average Bonchev–Trinajstić information content (AvgIpc) is 2.96. The van der Waals surface area contributed by atoms with Crippen LogP contribution >= 0.6 is 23.1 Å². The zero-order valence-electron chi connectivity index (χ0n) is 14.7. The van der Waals surface area contributed by atoms with Gasteiger partial charge in [0.2, 0.25) is 11.0 Å². The highest BCUT2D eigenvalue weighted by molar-refractivity contribution is 8.02. The molecule has 0 saturated carbocycles. The van der Waals surface area contributed by atoms with Gasteiger partial charge in [0.15, 0.2) is 4.34 Å². The normalized spacial score (nSPS) is 12.2. The Labute approximate surface area is 151 Å². The summed E-state index contributed by atoms with van der Waals surface area (Å²) in [5.74, 6) is 0.338. The van der Waals surface area contributed by atoms with Gasteiger partial charge in [-0.3, -0.25) is 4.79 Å². The number of amides is 1. The molecule has 1 aromatic carbocycles. The summed E-state index contributed by atoms with van der Waals surface area (Å²) in [4.78, 5) is 12.6. The van der Waals surface area contributed by atoms with Crippen LogP contribution in [-0.4, -0.2) is 27.9 Å². The topological polar surface area (TPSA) is 66.9 Å². The Morgan fingerprint density at radius 2 is 2.04 bits per heavy atom. The van der Waals surface area contributed by atoms with E-state index in [0.717, 1.165) is 32.8 Å². The fourth-order valence-corrected chi connectivity index (χ4v) is 4.22. The Bertz CT molecular complexity index is 700. The maximum absolute atomic E-state index is 12.6. The number of benzene rings is 1. The lowest BCUT2D eigenvalue weighted by atomic mass is 9.98. The first-order chi connectivity index (χ1) is 11.4. The van der Waals surface area contributed by atoms with Crippen LogP contribution in [0.25, 0.3) is 0 Å². The molecule has 0 aliphatic heterocycles. The molecule has 7 heteroatoms. The first-order valence-corrected chi connectivity index (χ1v) is 9.76. The minimum Gasteiger partial charge on any atom is -0.360 e. The Kier molecular flexibility index (Phi) is 6.62. The van der Waals surface area contributed by atoms with Crippen molar-refractivity contribution in [3.05, 3.63) is 29.3 Å². The van der Waals surface area contributed by atoms with E-state index in [4.69, 9.17) is 0 Å². The van der Waals surface area contributed by atoms with Gasteiger partial charge in [-0.2, -0.15) is 0 Å². The highest BCUT2D eigenvalue weighted by Gasteiger charge is 2.19. The van der Waals surface area contributed by atoms with Gasteiger partial charge in [0, 0.05) is 12.2 Å². The molecular formula is C17H24N4OS2. The number of rotatable bonds is 7. The molecule has 2 rings (SSSR count). The van der Waals surface area contributed by atoms with Crippen LogP contribution in [0.2, 0.25) is 0 Å². The van der Waals surface area contributed by atoms with Crippen LogP contribution in [0.1, 0.15) is 44.7 Å². The van der Waals surface area contributed by atoms with Crippen molar-refractivity contribution in [1.82, 2.24) is 10.2 Å². The lowest BCUT2D eigenvalue weighted by Gasteiger charge is -2.18. The fourth-order valence-electron chi connectivity index (χ4n) is 2.25. The van der Waals surface area contributed by atoms with E-state index in [2.05, 4.69) is 40.7 Å². The van der Waals surface area contributed by atoms with Crippen LogP contribution in [0.4, 0.5) is 10.8 Å². The van der Waals surface area contributed by atoms with Crippen molar-refractivity contribution in [3.8, 4) is 0 Å². The molecule has 1 heterocycles. The van der Waals surface area contributed by atoms with Gasteiger partial charge in [-0.1, -0.05) is 55.1 Å². The van der Waals surface area contributed by atoms with Gasteiger partial charge in [0.05, 0.1) is 5.25 Å². The lowest BCUT2D eigenvalue weighted by molar-refractivity contribution is -0.115. The van der Waals surface area contributed by atoms with E-state index >= 15 is 0 Å². The highest BCUT2D eigenvalue weighted by atomic mass is 32.2. The molecular weight excluding hydrogens is 340 g/mol. The molecule has 1 amide bonds. The Balaban J connectivity index is 2.06. The number of aryl methyl sites for hydroxylation is 1. The standard InChI is InChI=1S/C17H24N4OS2/c1-6-18-16-20-21-17(24-16)23-12(5)15(22)19-14-11(4)8-7-9-13(14)10(2)3/h7-10,12H,6H2,1-5H3,(H,18,20)(H,19,22). The first kappa shape index (κ1) is 18.7. The molecule has 1 atom stereocenters. The highest BCUT2D eigenvalue weighted by Crippen LogP contribution is 2.31. The van der Waals surface area contributed by atoms with Gasteiger partial charge >= 0.3 is 0 Å². The van der Waals surface area contributed by atoms with E-state index in [1.807, 2.05) is 32.9 Å². The zero-order chi connectivity index (χ0) is 17.7. The van der Waals surface area contributed by atoms with Crippen molar-refractivity contribution in [2.45, 2.75) is 50.1 Å². The van der Waals surface area contributed by atoms with Crippen LogP contribution in [0.15, 0.2) is 22.5 Å². The third-order valence-corrected chi connectivity index (χ3v) is 5.62. The van der Waals surface area contributed by atoms with Crippen molar-refractivity contribution in [2.75, 3.05) is 17.2 Å². The van der Waals surface area contributed by atoms with Crippen LogP contribution in [0.3, 0.4) is 0 Å². The summed E-state index contributed by atoms with van der Waals surface area (Å²) < 4.78 is 0.794. The lowest BCUT2D eigenvalue weighted by Crippen LogP contribution is -2.23. The second-order valence-corrected chi connectivity index (χ2v) is 8.41. The fraction of sp³-hybridized carbons (Fsp3) is 0.471. The Morgan fingerprint density at radius 1 is 1.29 bits per heavy atom. The number of anilines is 2. The van der Waals surface area contributed by atoms with Crippen LogP contribution in [-0.2, 0) is 4.79 Å². The van der Waals surface area contributed by atoms with Crippen molar-refractivity contribution in [2.24, 2.45) is 0 Å². The van der Waals surface area contributed by atoms with Gasteiger partial charge in [0.1, 0.15) is 0 Å². The summed E-state index contributed by atoms with van der Waals surface area (Å²) in [6, 6.07) is 6.12. The summed E-state index contributed by atoms with van der Waals surface area (Å²) >= 11 is 2.90. The number of para-hydroxylation sites is 1. The third kappa shape index (κ3) is 4.70. The summed E-state index contributed by atoms with van der Waals surface area (Å²) in [6.45, 7) is 11.0. The van der Waals surface area contributed by atoms with Crippen molar-refractivity contribution in [1.29, 1.82) is 0 Å². The largest absolute Gasteiger partial charge is 0.360 e. The number of carbonyl (C=O) groups excluding carboxylic acids is 1. The quantitative estimate of drug-likeness (QED) is 0.707. The van der Waals surface area contributed by atoms with E-state index in [1.54, 1.807) is 0 Å². The minimum atomic E-state index is -0.243. The third-order valence-electron chi connectivity index (χ3n) is 3.56. The van der Waals surface area contributed by atoms with E-state index in [0.29, 0.717) is 5.92 Å². The number of carbonyl (C=O) groups is 1. The summed E-state index contributed by atoms with van der Waals surface area (Å²) in [5.41, 5.74) is 3.17. The molecule has 2 aromatic rings. The summed E-state index contributed by atoms with van der Waals surface area (Å²) in [7, 11) is 0. The first-order valence-electron chi connectivity index (χ1n) is 8.06. The molecule has 0 radical (unpaired) electrons. The SMILES string of the molecule is CCNc1nnc(SC(C)C(=O)Nc2c(C)cccc2C(C)C)s1. The number of thioether (sulfide) groups is 1. The average molecular weight is 365 g/mol. The second kappa shape index (κ2) is 8.48. The second-order valence-electron chi connectivity index (χ2n) is 5.85. The zero-order valence-corrected chi connectivity index (χ0v) is 16.3. The van der Waals surface area contributed by atoms with Crippen LogP contribution in [0.5, 0.6) is 0 Å². The van der Waals surface area contributed by atoms with Crippen molar-refractivity contribution in [3.63, 3.8) is 0 Å². The summed E-state index contributed by atoms with van der Waals surface area (Å²) in [5, 5.41) is 14.9. The molecule has 130 valence electrons. The van der Waals surface area contributed by atoms with Crippen molar-refractivity contribution >= 4 is 39.8 Å². The van der Waals surface area contributed by atoms with Gasteiger partial charge in [-0.15, -0.1) is 10.2 Å². The number of aromatic nitrogens is 2. The number of hydrogen-bond donors (Lipinski definition) is 2. The molecule has 0 spiro atoms. The number of nitrogens with one attached hydrogen (secondary N) is 2. The minimum absolute atomic E-state index is 0.0172. The molecule has 1 unspecified atom stereocenters. The van der Waals surface area contributed by atoms with E-state index in [1.165, 1.54) is 23.1 Å². The molecule has 0 fully saturated rings. The Morgan fingerprint density at radius 3 is 2.71 bits per heavy atom. The van der Waals surface area contributed by atoms with Gasteiger partial charge in [-0.05, 0) is 37.8 Å². The molecule has 0 aliphatic rings. The van der Waals surface area contributed by atoms with Gasteiger partial charge in [0.25, 0.3) is 0 Å². The van der Waals surface area contributed by atoms with Gasteiger partial charge < -0.3 is 10.6 Å². The molecule has 24 heavy (non-hydrogen) atoms. The maximum atomic E-state index is 12.6. The van der Waals surface area contributed by atoms with Crippen molar-refractivity contribution < 1.29 is 4.79 Å². The Hall–Kier alpha value is -1.60.